The first kappa shape index (κ1) is 20.3. The molecule has 156 valence electrons. The summed E-state index contributed by atoms with van der Waals surface area (Å²) in [5.41, 5.74) is 2.69. The number of anilines is 1. The zero-order chi connectivity index (χ0) is 22.0. The predicted octanol–water partition coefficient (Wildman–Crippen LogP) is 4.21. The number of nitrogens with one attached hydrogen (secondary N) is 2. The Hall–Kier alpha value is -3.93. The van der Waals surface area contributed by atoms with Crippen LogP contribution < -0.4 is 10.6 Å². The Morgan fingerprint density at radius 2 is 1.58 bits per heavy atom. The Morgan fingerprint density at radius 1 is 0.935 bits per heavy atom. The van der Waals surface area contributed by atoms with Crippen molar-refractivity contribution >= 4 is 23.5 Å². The highest BCUT2D eigenvalue weighted by molar-refractivity contribution is 6.07. The molecule has 1 aliphatic heterocycles. The van der Waals surface area contributed by atoms with Crippen molar-refractivity contribution in [1.82, 2.24) is 10.2 Å². The Morgan fingerprint density at radius 3 is 2.23 bits per heavy atom. The summed E-state index contributed by atoms with van der Waals surface area (Å²) >= 11 is 0. The van der Waals surface area contributed by atoms with Gasteiger partial charge in [0.15, 0.2) is 0 Å². The van der Waals surface area contributed by atoms with E-state index in [1.807, 2.05) is 61.5 Å². The molecule has 3 aromatic rings. The quantitative estimate of drug-likeness (QED) is 0.615. The van der Waals surface area contributed by atoms with Crippen LogP contribution in [-0.2, 0) is 16.9 Å². The molecule has 31 heavy (non-hydrogen) atoms. The fraction of sp³-hybridized carbons (Fsp3) is 0.160. The summed E-state index contributed by atoms with van der Waals surface area (Å²) in [5.74, 6) is -0.521. The molecule has 0 spiro atoms. The van der Waals surface area contributed by atoms with Gasteiger partial charge in [-0.2, -0.15) is 0 Å². The molecule has 1 heterocycles. The molecule has 0 aromatic heterocycles. The number of imide groups is 1. The summed E-state index contributed by atoms with van der Waals surface area (Å²) in [6.07, 6.45) is 0. The first-order valence-electron chi connectivity index (χ1n) is 10.0. The van der Waals surface area contributed by atoms with Crippen molar-refractivity contribution in [2.24, 2.45) is 0 Å². The lowest BCUT2D eigenvalue weighted by Gasteiger charge is -2.22. The molecular formula is C25H23N3O3. The molecule has 2 N–H and O–H groups in total. The van der Waals surface area contributed by atoms with E-state index < -0.39 is 11.6 Å². The van der Waals surface area contributed by atoms with Gasteiger partial charge in [-0.1, -0.05) is 60.2 Å². The molecule has 4 amide bonds. The van der Waals surface area contributed by atoms with Gasteiger partial charge in [-0.15, -0.1) is 0 Å². The van der Waals surface area contributed by atoms with Crippen LogP contribution in [0.25, 0.3) is 0 Å². The van der Waals surface area contributed by atoms with E-state index in [2.05, 4.69) is 10.6 Å². The van der Waals surface area contributed by atoms with E-state index >= 15 is 0 Å². The normalized spacial score (nSPS) is 18.1. The molecule has 1 fully saturated rings. The summed E-state index contributed by atoms with van der Waals surface area (Å²) in [7, 11) is 0. The second-order valence-electron chi connectivity index (χ2n) is 7.83. The van der Waals surface area contributed by atoms with Gasteiger partial charge in [0.05, 0.1) is 6.54 Å². The van der Waals surface area contributed by atoms with E-state index in [9.17, 15) is 14.4 Å². The van der Waals surface area contributed by atoms with Crippen molar-refractivity contribution in [3.63, 3.8) is 0 Å². The van der Waals surface area contributed by atoms with Crippen molar-refractivity contribution in [1.29, 1.82) is 0 Å². The SMILES string of the molecule is Cc1ccc([C@@]2(C)NC(=O)N(Cc3ccc(C(=O)Nc4ccccc4)cc3)C2=O)cc1. The molecule has 0 radical (unpaired) electrons. The third-order valence-corrected chi connectivity index (χ3v) is 5.49. The van der Waals surface area contributed by atoms with E-state index in [0.717, 1.165) is 16.7 Å². The molecule has 0 saturated carbocycles. The Labute approximate surface area is 180 Å². The first-order chi connectivity index (χ1) is 14.9. The van der Waals surface area contributed by atoms with E-state index in [-0.39, 0.29) is 18.4 Å². The van der Waals surface area contributed by atoms with Gasteiger partial charge in [0.1, 0.15) is 5.54 Å². The fourth-order valence-corrected chi connectivity index (χ4v) is 3.59. The highest BCUT2D eigenvalue weighted by Crippen LogP contribution is 2.30. The number of aryl methyl sites for hydroxylation is 1. The van der Waals surface area contributed by atoms with Gasteiger partial charge in [-0.05, 0) is 49.2 Å². The number of amides is 4. The van der Waals surface area contributed by atoms with E-state index in [1.54, 1.807) is 31.2 Å². The van der Waals surface area contributed by atoms with Crippen molar-refractivity contribution in [2.75, 3.05) is 5.32 Å². The van der Waals surface area contributed by atoms with Crippen LogP contribution in [0.4, 0.5) is 10.5 Å². The van der Waals surface area contributed by atoms with Crippen molar-refractivity contribution in [3.05, 3.63) is 101 Å². The van der Waals surface area contributed by atoms with Gasteiger partial charge >= 0.3 is 6.03 Å². The lowest BCUT2D eigenvalue weighted by atomic mass is 9.91. The minimum absolute atomic E-state index is 0.132. The number of hydrogen-bond donors (Lipinski definition) is 2. The first-order valence-corrected chi connectivity index (χ1v) is 10.0. The molecule has 6 heteroatoms. The number of carbonyl (C=O) groups excluding carboxylic acids is 3. The maximum atomic E-state index is 13.1. The van der Waals surface area contributed by atoms with Crippen molar-refractivity contribution in [2.45, 2.75) is 25.9 Å². The largest absolute Gasteiger partial charge is 0.325 e. The van der Waals surface area contributed by atoms with Crippen LogP contribution in [0.3, 0.4) is 0 Å². The average Bonchev–Trinajstić information content (AvgIpc) is 2.99. The summed E-state index contributed by atoms with van der Waals surface area (Å²) in [6.45, 7) is 3.82. The van der Waals surface area contributed by atoms with Gasteiger partial charge in [-0.25, -0.2) is 4.79 Å². The summed E-state index contributed by atoms with van der Waals surface area (Å²) in [4.78, 5) is 39.2. The van der Waals surface area contributed by atoms with Crippen LogP contribution >= 0.6 is 0 Å². The second kappa shape index (κ2) is 8.07. The zero-order valence-electron chi connectivity index (χ0n) is 17.4. The molecule has 1 saturated heterocycles. The maximum Gasteiger partial charge on any atom is 0.325 e. The Bertz CT molecular complexity index is 1120. The number of rotatable bonds is 5. The molecule has 4 rings (SSSR count). The molecule has 1 aliphatic rings. The number of para-hydroxylation sites is 1. The molecular weight excluding hydrogens is 390 g/mol. The molecule has 0 aliphatic carbocycles. The number of urea groups is 1. The van der Waals surface area contributed by atoms with Gasteiger partial charge < -0.3 is 10.6 Å². The molecule has 0 bridgehead atoms. The number of hydrogen-bond acceptors (Lipinski definition) is 3. The highest BCUT2D eigenvalue weighted by atomic mass is 16.2. The fourth-order valence-electron chi connectivity index (χ4n) is 3.59. The van der Waals surface area contributed by atoms with Crippen LogP contribution in [0.5, 0.6) is 0 Å². The number of nitrogens with zero attached hydrogens (tertiary/aromatic N) is 1. The third kappa shape index (κ3) is 4.05. The van der Waals surface area contributed by atoms with Crippen LogP contribution in [0.2, 0.25) is 0 Å². The summed E-state index contributed by atoms with van der Waals surface area (Å²) in [6, 6.07) is 23.2. The third-order valence-electron chi connectivity index (χ3n) is 5.49. The number of carbonyl (C=O) groups is 3. The van der Waals surface area contributed by atoms with Gasteiger partial charge in [-0.3, -0.25) is 14.5 Å². The minimum Gasteiger partial charge on any atom is -0.322 e. The Kier molecular flexibility index (Phi) is 5.29. The molecule has 1 atom stereocenters. The van der Waals surface area contributed by atoms with Crippen molar-refractivity contribution in [3.8, 4) is 0 Å². The van der Waals surface area contributed by atoms with Crippen LogP contribution in [0, 0.1) is 6.92 Å². The molecule has 3 aromatic carbocycles. The summed E-state index contributed by atoms with van der Waals surface area (Å²) in [5, 5.41) is 5.65. The summed E-state index contributed by atoms with van der Waals surface area (Å²) < 4.78 is 0. The van der Waals surface area contributed by atoms with Crippen LogP contribution in [0.15, 0.2) is 78.9 Å². The molecule has 0 unspecified atom stereocenters. The number of benzene rings is 3. The molecule has 6 nitrogen and oxygen atoms in total. The maximum absolute atomic E-state index is 13.1. The van der Waals surface area contributed by atoms with Crippen molar-refractivity contribution < 1.29 is 14.4 Å². The van der Waals surface area contributed by atoms with Gasteiger partial charge in [0.25, 0.3) is 11.8 Å². The monoisotopic (exact) mass is 413 g/mol. The minimum atomic E-state index is -1.10. The average molecular weight is 413 g/mol. The highest BCUT2D eigenvalue weighted by Gasteiger charge is 2.48. The topological polar surface area (TPSA) is 78.5 Å². The van der Waals surface area contributed by atoms with Gasteiger partial charge in [0, 0.05) is 11.3 Å². The van der Waals surface area contributed by atoms with E-state index in [0.29, 0.717) is 11.3 Å². The van der Waals surface area contributed by atoms with E-state index in [1.165, 1.54) is 4.90 Å². The lowest BCUT2D eigenvalue weighted by molar-refractivity contribution is -0.131. The van der Waals surface area contributed by atoms with Crippen LogP contribution in [0.1, 0.15) is 34.0 Å². The smallest absolute Gasteiger partial charge is 0.322 e. The van der Waals surface area contributed by atoms with Gasteiger partial charge in [0.2, 0.25) is 0 Å². The van der Waals surface area contributed by atoms with Crippen LogP contribution in [-0.4, -0.2) is 22.7 Å². The predicted molar refractivity (Wildman–Crippen MR) is 118 cm³/mol. The Balaban J connectivity index is 1.46. The zero-order valence-corrected chi connectivity index (χ0v) is 17.4. The lowest BCUT2D eigenvalue weighted by Crippen LogP contribution is -2.40. The van der Waals surface area contributed by atoms with E-state index in [4.69, 9.17) is 0 Å². The standard InChI is InChI=1S/C25H23N3O3/c1-17-8-14-20(15-9-17)25(2)23(30)28(24(31)27-25)16-18-10-12-19(13-11-18)22(29)26-21-6-4-3-5-7-21/h3-15H,16H2,1-2H3,(H,26,29)(H,27,31)/t25-/m1/s1. The second-order valence-corrected chi connectivity index (χ2v) is 7.83.